The molecule has 0 radical (unpaired) electrons. The lowest BCUT2D eigenvalue weighted by atomic mass is 10.1. The number of piperidine rings is 1. The largest absolute Gasteiger partial charge is 0.341 e. The molecule has 0 unspecified atom stereocenters. The minimum absolute atomic E-state index is 0.185. The van der Waals surface area contributed by atoms with Crippen molar-refractivity contribution in [3.63, 3.8) is 0 Å². The van der Waals surface area contributed by atoms with E-state index in [9.17, 15) is 4.79 Å². The molecule has 13 heavy (non-hydrogen) atoms. The van der Waals surface area contributed by atoms with E-state index >= 15 is 0 Å². The third-order valence-corrected chi connectivity index (χ3v) is 2.22. The standard InChI is InChI=1S/C8H12N4O/c13-7-6-9-11-8(10-7)12-4-2-1-3-5-12/h6H,1-5H2,(H,10,11,13). The lowest BCUT2D eigenvalue weighted by molar-refractivity contribution is 0.564. The molecule has 5 heteroatoms. The van der Waals surface area contributed by atoms with Crippen LogP contribution in [0.15, 0.2) is 11.0 Å². The molecular weight excluding hydrogens is 168 g/mol. The Labute approximate surface area is 75.8 Å². The second-order valence-corrected chi connectivity index (χ2v) is 3.21. The molecule has 0 spiro atoms. The third kappa shape index (κ3) is 1.85. The van der Waals surface area contributed by atoms with E-state index in [-0.39, 0.29) is 5.56 Å². The summed E-state index contributed by atoms with van der Waals surface area (Å²) in [7, 11) is 0. The number of aromatic nitrogens is 3. The van der Waals surface area contributed by atoms with E-state index in [1.165, 1.54) is 25.5 Å². The van der Waals surface area contributed by atoms with Gasteiger partial charge in [-0.3, -0.25) is 9.78 Å². The van der Waals surface area contributed by atoms with Gasteiger partial charge >= 0.3 is 0 Å². The number of hydrogen-bond donors (Lipinski definition) is 1. The van der Waals surface area contributed by atoms with Crippen LogP contribution in [0.4, 0.5) is 5.95 Å². The second kappa shape index (κ2) is 3.55. The summed E-state index contributed by atoms with van der Waals surface area (Å²) in [5.41, 5.74) is -0.185. The highest BCUT2D eigenvalue weighted by Crippen LogP contribution is 2.12. The van der Waals surface area contributed by atoms with Crippen LogP contribution in [0.2, 0.25) is 0 Å². The van der Waals surface area contributed by atoms with Gasteiger partial charge in [0.2, 0.25) is 5.95 Å². The average molecular weight is 180 g/mol. The molecule has 1 fully saturated rings. The van der Waals surface area contributed by atoms with Gasteiger partial charge in [0.25, 0.3) is 5.56 Å². The van der Waals surface area contributed by atoms with Gasteiger partial charge < -0.3 is 4.90 Å². The van der Waals surface area contributed by atoms with Gasteiger partial charge in [0.05, 0.1) is 0 Å². The molecule has 0 amide bonds. The van der Waals surface area contributed by atoms with Gasteiger partial charge in [-0.15, -0.1) is 10.2 Å². The van der Waals surface area contributed by atoms with Crippen molar-refractivity contribution in [2.45, 2.75) is 19.3 Å². The summed E-state index contributed by atoms with van der Waals surface area (Å²) in [4.78, 5) is 15.7. The van der Waals surface area contributed by atoms with Crippen molar-refractivity contribution in [1.29, 1.82) is 0 Å². The zero-order chi connectivity index (χ0) is 9.10. The summed E-state index contributed by atoms with van der Waals surface area (Å²) < 4.78 is 0. The van der Waals surface area contributed by atoms with Gasteiger partial charge in [-0.25, -0.2) is 0 Å². The number of aromatic amines is 1. The fraction of sp³-hybridized carbons (Fsp3) is 0.625. The van der Waals surface area contributed by atoms with Crippen LogP contribution in [0.25, 0.3) is 0 Å². The Morgan fingerprint density at radius 3 is 2.77 bits per heavy atom. The van der Waals surface area contributed by atoms with Crippen molar-refractivity contribution in [2.24, 2.45) is 0 Å². The van der Waals surface area contributed by atoms with Crippen LogP contribution in [-0.2, 0) is 0 Å². The minimum atomic E-state index is -0.185. The highest BCUT2D eigenvalue weighted by atomic mass is 16.1. The Morgan fingerprint density at radius 1 is 1.31 bits per heavy atom. The Balaban J connectivity index is 2.19. The number of nitrogens with one attached hydrogen (secondary N) is 1. The predicted octanol–water partition coefficient (Wildman–Crippen LogP) is 0.155. The number of nitrogens with zero attached hydrogens (tertiary/aromatic N) is 3. The van der Waals surface area contributed by atoms with Crippen molar-refractivity contribution < 1.29 is 0 Å². The smallest absolute Gasteiger partial charge is 0.271 e. The van der Waals surface area contributed by atoms with Crippen molar-refractivity contribution >= 4 is 5.95 Å². The first-order valence-electron chi connectivity index (χ1n) is 4.53. The lowest BCUT2D eigenvalue weighted by Gasteiger charge is -2.26. The van der Waals surface area contributed by atoms with Crippen molar-refractivity contribution in [3.05, 3.63) is 16.6 Å². The summed E-state index contributed by atoms with van der Waals surface area (Å²) >= 11 is 0. The quantitative estimate of drug-likeness (QED) is 0.668. The zero-order valence-electron chi connectivity index (χ0n) is 7.36. The van der Waals surface area contributed by atoms with E-state index in [0.29, 0.717) is 5.95 Å². The van der Waals surface area contributed by atoms with Crippen LogP contribution in [0.5, 0.6) is 0 Å². The molecule has 2 rings (SSSR count). The molecule has 0 atom stereocenters. The van der Waals surface area contributed by atoms with Gasteiger partial charge in [0.15, 0.2) is 0 Å². The summed E-state index contributed by atoms with van der Waals surface area (Å²) in [6, 6.07) is 0. The summed E-state index contributed by atoms with van der Waals surface area (Å²) in [5.74, 6) is 0.604. The van der Waals surface area contributed by atoms with Crippen molar-refractivity contribution in [2.75, 3.05) is 18.0 Å². The highest BCUT2D eigenvalue weighted by molar-refractivity contribution is 5.27. The molecule has 1 saturated heterocycles. The molecular formula is C8H12N4O. The molecule has 1 aromatic rings. The molecule has 1 aliphatic rings. The number of hydrogen-bond acceptors (Lipinski definition) is 4. The number of anilines is 1. The summed E-state index contributed by atoms with van der Waals surface area (Å²) in [5, 5.41) is 7.51. The molecule has 70 valence electrons. The van der Waals surface area contributed by atoms with Gasteiger partial charge in [-0.05, 0) is 19.3 Å². The van der Waals surface area contributed by atoms with Crippen molar-refractivity contribution in [1.82, 2.24) is 15.2 Å². The minimum Gasteiger partial charge on any atom is -0.341 e. The Morgan fingerprint density at radius 2 is 2.08 bits per heavy atom. The first-order chi connectivity index (χ1) is 6.36. The maximum Gasteiger partial charge on any atom is 0.271 e. The van der Waals surface area contributed by atoms with E-state index in [4.69, 9.17) is 0 Å². The normalized spacial score (nSPS) is 17.4. The summed E-state index contributed by atoms with van der Waals surface area (Å²) in [6.45, 7) is 1.93. The molecule has 2 heterocycles. The molecule has 0 saturated carbocycles. The average Bonchev–Trinajstić information content (AvgIpc) is 2.19. The fourth-order valence-electron chi connectivity index (χ4n) is 1.55. The van der Waals surface area contributed by atoms with Crippen LogP contribution in [0.3, 0.4) is 0 Å². The number of H-pyrrole nitrogens is 1. The van der Waals surface area contributed by atoms with Crippen LogP contribution >= 0.6 is 0 Å². The second-order valence-electron chi connectivity index (χ2n) is 3.21. The van der Waals surface area contributed by atoms with E-state index in [0.717, 1.165) is 13.1 Å². The first-order valence-corrected chi connectivity index (χ1v) is 4.53. The predicted molar refractivity (Wildman–Crippen MR) is 48.7 cm³/mol. The van der Waals surface area contributed by atoms with Gasteiger partial charge in [-0.2, -0.15) is 0 Å². The van der Waals surface area contributed by atoms with Crippen LogP contribution in [0.1, 0.15) is 19.3 Å². The summed E-state index contributed by atoms with van der Waals surface area (Å²) in [6.07, 6.45) is 4.78. The van der Waals surface area contributed by atoms with E-state index in [2.05, 4.69) is 20.1 Å². The van der Waals surface area contributed by atoms with Gasteiger partial charge in [0, 0.05) is 13.1 Å². The molecule has 1 aromatic heterocycles. The Kier molecular flexibility index (Phi) is 2.25. The number of rotatable bonds is 1. The Hall–Kier alpha value is -1.39. The zero-order valence-corrected chi connectivity index (χ0v) is 7.36. The van der Waals surface area contributed by atoms with Gasteiger partial charge in [0.1, 0.15) is 6.20 Å². The third-order valence-electron chi connectivity index (χ3n) is 2.22. The molecule has 1 N–H and O–H groups in total. The molecule has 0 aromatic carbocycles. The topological polar surface area (TPSA) is 61.9 Å². The molecule has 0 aliphatic carbocycles. The molecule has 5 nitrogen and oxygen atoms in total. The molecule has 1 aliphatic heterocycles. The van der Waals surface area contributed by atoms with Crippen LogP contribution in [0, 0.1) is 0 Å². The highest BCUT2D eigenvalue weighted by Gasteiger charge is 2.12. The fourth-order valence-corrected chi connectivity index (χ4v) is 1.55. The Bertz CT molecular complexity index is 329. The van der Waals surface area contributed by atoms with E-state index in [1.807, 2.05) is 0 Å². The maximum atomic E-state index is 10.9. The first kappa shape index (κ1) is 8.22. The van der Waals surface area contributed by atoms with Crippen LogP contribution < -0.4 is 10.5 Å². The lowest BCUT2D eigenvalue weighted by Crippen LogP contribution is -2.32. The van der Waals surface area contributed by atoms with Crippen molar-refractivity contribution in [3.8, 4) is 0 Å². The maximum absolute atomic E-state index is 10.9. The monoisotopic (exact) mass is 180 g/mol. The SMILES string of the molecule is O=c1cnnc(N2CCCCC2)[nH]1. The van der Waals surface area contributed by atoms with Crippen LogP contribution in [-0.4, -0.2) is 28.3 Å². The van der Waals surface area contributed by atoms with E-state index < -0.39 is 0 Å². The molecule has 0 bridgehead atoms. The van der Waals surface area contributed by atoms with Gasteiger partial charge in [-0.1, -0.05) is 0 Å². The van der Waals surface area contributed by atoms with E-state index in [1.54, 1.807) is 0 Å².